The maximum Gasteiger partial charge on any atom is 0.410 e. The quantitative estimate of drug-likeness (QED) is 0.672. The molecule has 1 saturated carbocycles. The molecule has 1 aliphatic carbocycles. The van der Waals surface area contributed by atoms with Crippen molar-refractivity contribution in [2.24, 2.45) is 5.41 Å². The van der Waals surface area contributed by atoms with Crippen molar-refractivity contribution in [2.75, 3.05) is 32.8 Å². The zero-order valence-electron chi connectivity index (χ0n) is 19.4. The number of rotatable bonds is 5. The summed E-state index contributed by atoms with van der Waals surface area (Å²) in [6.45, 7) is 15.6. The third-order valence-corrected chi connectivity index (χ3v) is 6.77. The van der Waals surface area contributed by atoms with Crippen LogP contribution in [0.4, 0.5) is 4.79 Å². The lowest BCUT2D eigenvalue weighted by Crippen LogP contribution is -2.62. The summed E-state index contributed by atoms with van der Waals surface area (Å²) in [6, 6.07) is 4.67. The molecular formula is C25H38N2O3. The van der Waals surface area contributed by atoms with E-state index in [1.807, 2.05) is 25.7 Å². The van der Waals surface area contributed by atoms with E-state index in [0.717, 1.165) is 57.2 Å². The first-order valence-corrected chi connectivity index (χ1v) is 11.6. The first-order valence-electron chi connectivity index (χ1n) is 11.6. The molecule has 0 unspecified atom stereocenters. The van der Waals surface area contributed by atoms with Crippen molar-refractivity contribution in [2.45, 2.75) is 78.4 Å². The third-order valence-electron chi connectivity index (χ3n) is 6.77. The molecule has 2 aliphatic heterocycles. The van der Waals surface area contributed by atoms with Crippen LogP contribution in [0.2, 0.25) is 0 Å². The van der Waals surface area contributed by atoms with Crippen molar-refractivity contribution >= 4 is 6.09 Å². The molecule has 0 aromatic heterocycles. The number of amides is 1. The molecule has 30 heavy (non-hydrogen) atoms. The van der Waals surface area contributed by atoms with E-state index in [1.165, 1.54) is 29.5 Å². The number of piperidine rings is 1. The molecule has 0 radical (unpaired) electrons. The topological polar surface area (TPSA) is 42.0 Å². The first-order chi connectivity index (χ1) is 14.2. The fourth-order valence-corrected chi connectivity index (χ4v) is 4.94. The fourth-order valence-electron chi connectivity index (χ4n) is 4.94. The van der Waals surface area contributed by atoms with Crippen LogP contribution < -0.4 is 4.74 Å². The second-order valence-corrected chi connectivity index (χ2v) is 10.6. The van der Waals surface area contributed by atoms with Crippen molar-refractivity contribution in [1.82, 2.24) is 9.80 Å². The highest BCUT2D eigenvalue weighted by Gasteiger charge is 2.47. The summed E-state index contributed by atoms with van der Waals surface area (Å²) in [5.74, 6) is 1.79. The summed E-state index contributed by atoms with van der Waals surface area (Å²) in [5.41, 5.74) is 4.13. The van der Waals surface area contributed by atoms with Gasteiger partial charge in [-0.15, -0.1) is 0 Å². The van der Waals surface area contributed by atoms with E-state index >= 15 is 0 Å². The number of hydrogen-bond donors (Lipinski definition) is 0. The third kappa shape index (κ3) is 4.77. The SMILES string of the molecule is CCOc1cc(CN2CCC3(CC2)CN(C(=O)OC(C)(C)C)C3)c(C2CC2)cc1C. The van der Waals surface area contributed by atoms with E-state index in [2.05, 4.69) is 30.9 Å². The average Bonchev–Trinajstić information content (AvgIpc) is 3.47. The van der Waals surface area contributed by atoms with Gasteiger partial charge < -0.3 is 14.4 Å². The molecule has 5 heteroatoms. The molecule has 1 aromatic rings. The van der Waals surface area contributed by atoms with Crippen molar-refractivity contribution in [3.05, 3.63) is 28.8 Å². The Morgan fingerprint density at radius 3 is 2.40 bits per heavy atom. The highest BCUT2D eigenvalue weighted by atomic mass is 16.6. The normalized spacial score (nSPS) is 21.4. The Morgan fingerprint density at radius 1 is 1.17 bits per heavy atom. The van der Waals surface area contributed by atoms with Crippen molar-refractivity contribution in [1.29, 1.82) is 0 Å². The molecule has 2 heterocycles. The summed E-state index contributed by atoms with van der Waals surface area (Å²) in [7, 11) is 0. The number of ether oxygens (including phenoxy) is 2. The number of nitrogens with zero attached hydrogens (tertiary/aromatic N) is 2. The summed E-state index contributed by atoms with van der Waals surface area (Å²) < 4.78 is 11.4. The standard InChI is InChI=1S/C25H38N2O3/c1-6-29-22-14-20(21(13-18(22)2)19-7-8-19)15-26-11-9-25(10-12-26)16-27(17-25)23(28)30-24(3,4)5/h13-14,19H,6-12,15-17H2,1-5H3. The van der Waals surface area contributed by atoms with Crippen LogP contribution >= 0.6 is 0 Å². The average molecular weight is 415 g/mol. The lowest BCUT2D eigenvalue weighted by molar-refractivity contribution is -0.0601. The van der Waals surface area contributed by atoms with Crippen molar-refractivity contribution in [3.63, 3.8) is 0 Å². The first kappa shape index (κ1) is 21.5. The minimum Gasteiger partial charge on any atom is -0.494 e. The lowest BCUT2D eigenvalue weighted by atomic mass is 9.72. The van der Waals surface area contributed by atoms with Gasteiger partial charge in [-0.2, -0.15) is 0 Å². The minimum atomic E-state index is -0.420. The molecule has 1 aromatic carbocycles. The van der Waals surface area contributed by atoms with Crippen LogP contribution in [0.5, 0.6) is 5.75 Å². The van der Waals surface area contributed by atoms with Crippen molar-refractivity contribution < 1.29 is 14.3 Å². The van der Waals surface area contributed by atoms with Gasteiger partial charge in [-0.05, 0) is 102 Å². The molecule has 2 saturated heterocycles. The Morgan fingerprint density at radius 2 is 1.83 bits per heavy atom. The Labute approximate surface area is 181 Å². The monoisotopic (exact) mass is 414 g/mol. The van der Waals surface area contributed by atoms with Crippen LogP contribution in [0.3, 0.4) is 0 Å². The van der Waals surface area contributed by atoms with Gasteiger partial charge in [0.25, 0.3) is 0 Å². The Kier molecular flexibility index (Phi) is 5.78. The van der Waals surface area contributed by atoms with E-state index in [1.54, 1.807) is 0 Å². The predicted molar refractivity (Wildman–Crippen MR) is 119 cm³/mol. The smallest absolute Gasteiger partial charge is 0.410 e. The van der Waals surface area contributed by atoms with Crippen LogP contribution in [0.25, 0.3) is 0 Å². The molecule has 0 atom stereocenters. The number of aryl methyl sites for hydroxylation is 1. The number of likely N-dealkylation sites (tertiary alicyclic amines) is 2. The number of carbonyl (C=O) groups excluding carboxylic acids is 1. The number of hydrogen-bond acceptors (Lipinski definition) is 4. The summed E-state index contributed by atoms with van der Waals surface area (Å²) in [5, 5.41) is 0. The zero-order valence-corrected chi connectivity index (χ0v) is 19.4. The maximum absolute atomic E-state index is 12.3. The van der Waals surface area contributed by atoms with Crippen LogP contribution in [-0.4, -0.2) is 54.3 Å². The second kappa shape index (κ2) is 8.07. The Balaban J connectivity index is 1.34. The maximum atomic E-state index is 12.3. The molecule has 3 fully saturated rings. The summed E-state index contributed by atoms with van der Waals surface area (Å²) in [4.78, 5) is 16.7. The molecule has 4 rings (SSSR count). The molecule has 1 spiro atoms. The van der Waals surface area contributed by atoms with Crippen LogP contribution in [-0.2, 0) is 11.3 Å². The molecular weight excluding hydrogens is 376 g/mol. The largest absolute Gasteiger partial charge is 0.494 e. The lowest BCUT2D eigenvalue weighted by Gasteiger charge is -2.53. The highest BCUT2D eigenvalue weighted by molar-refractivity contribution is 5.69. The van der Waals surface area contributed by atoms with Crippen LogP contribution in [0.1, 0.15) is 76.0 Å². The molecule has 166 valence electrons. The zero-order chi connectivity index (χ0) is 21.5. The molecule has 0 bridgehead atoms. The molecule has 3 aliphatic rings. The van der Waals surface area contributed by atoms with Gasteiger partial charge in [-0.25, -0.2) is 4.79 Å². The van der Waals surface area contributed by atoms with E-state index in [-0.39, 0.29) is 6.09 Å². The number of carbonyl (C=O) groups is 1. The Hall–Kier alpha value is -1.75. The van der Waals surface area contributed by atoms with E-state index < -0.39 is 5.60 Å². The van der Waals surface area contributed by atoms with Gasteiger partial charge in [0, 0.05) is 25.0 Å². The summed E-state index contributed by atoms with van der Waals surface area (Å²) in [6.07, 6.45) is 4.81. The van der Waals surface area contributed by atoms with Gasteiger partial charge in [0.15, 0.2) is 0 Å². The van der Waals surface area contributed by atoms with Gasteiger partial charge in [0.05, 0.1) is 6.61 Å². The van der Waals surface area contributed by atoms with E-state index in [0.29, 0.717) is 12.0 Å². The predicted octanol–water partition coefficient (Wildman–Crippen LogP) is 5.10. The second-order valence-electron chi connectivity index (χ2n) is 10.6. The highest BCUT2D eigenvalue weighted by Crippen LogP contribution is 2.45. The number of benzene rings is 1. The molecule has 1 amide bonds. The van der Waals surface area contributed by atoms with Crippen LogP contribution in [0, 0.1) is 12.3 Å². The van der Waals surface area contributed by atoms with Crippen molar-refractivity contribution in [3.8, 4) is 5.75 Å². The van der Waals surface area contributed by atoms with Gasteiger partial charge in [-0.1, -0.05) is 6.07 Å². The van der Waals surface area contributed by atoms with E-state index in [9.17, 15) is 4.79 Å². The van der Waals surface area contributed by atoms with Crippen LogP contribution in [0.15, 0.2) is 12.1 Å². The van der Waals surface area contributed by atoms with Gasteiger partial charge in [0.2, 0.25) is 0 Å². The Bertz CT molecular complexity index is 778. The van der Waals surface area contributed by atoms with Gasteiger partial charge in [-0.3, -0.25) is 4.90 Å². The molecule has 0 N–H and O–H groups in total. The van der Waals surface area contributed by atoms with E-state index in [4.69, 9.17) is 9.47 Å². The molecule has 5 nitrogen and oxygen atoms in total. The van der Waals surface area contributed by atoms with Gasteiger partial charge in [0.1, 0.15) is 11.4 Å². The minimum absolute atomic E-state index is 0.160. The fraction of sp³-hybridized carbons (Fsp3) is 0.720. The summed E-state index contributed by atoms with van der Waals surface area (Å²) >= 11 is 0. The van der Waals surface area contributed by atoms with Gasteiger partial charge >= 0.3 is 6.09 Å².